The van der Waals surface area contributed by atoms with Gasteiger partial charge in [0.25, 0.3) is 0 Å². The second-order valence-corrected chi connectivity index (χ2v) is 8.69. The lowest BCUT2D eigenvalue weighted by atomic mass is 10.1. The minimum atomic E-state index is -4.38. The molecule has 11 heteroatoms. The van der Waals surface area contributed by atoms with E-state index in [2.05, 4.69) is 10.2 Å². The first-order chi connectivity index (χ1) is 15.7. The van der Waals surface area contributed by atoms with Crippen LogP contribution in [0.4, 0.5) is 18.9 Å². The number of nitrogen functional groups attached to an aromatic ring is 1. The van der Waals surface area contributed by atoms with Crippen LogP contribution in [-0.4, -0.2) is 57.6 Å². The maximum Gasteiger partial charge on any atom is 0.416 e. The molecule has 0 radical (unpaired) electrons. The Labute approximate surface area is 193 Å². The van der Waals surface area contributed by atoms with Crippen LogP contribution < -0.4 is 10.7 Å². The third-order valence-electron chi connectivity index (χ3n) is 5.47. The first-order valence-electron chi connectivity index (χ1n) is 10.3. The molecule has 2 heterocycles. The van der Waals surface area contributed by atoms with Crippen LogP contribution in [0, 0.1) is 6.92 Å². The van der Waals surface area contributed by atoms with Gasteiger partial charge < -0.3 is 15.6 Å². The van der Waals surface area contributed by atoms with E-state index in [0.29, 0.717) is 42.8 Å². The van der Waals surface area contributed by atoms with Crippen molar-refractivity contribution in [2.45, 2.75) is 18.3 Å². The number of amides is 1. The second kappa shape index (κ2) is 9.34. The fraction of sp³-hybridized carbons (Fsp3) is 0.318. The molecule has 1 aliphatic rings. The molecule has 0 atom stereocenters. The number of hydrogen-bond donors (Lipinski definition) is 1. The Bertz CT molecular complexity index is 1120. The minimum Gasteiger partial charge on any atom is -0.368 e. The van der Waals surface area contributed by atoms with E-state index in [1.807, 2.05) is 36.1 Å². The van der Waals surface area contributed by atoms with E-state index in [9.17, 15) is 18.0 Å². The van der Waals surface area contributed by atoms with Crippen molar-refractivity contribution in [3.8, 4) is 11.4 Å². The molecule has 2 aromatic carbocycles. The Balaban J connectivity index is 1.32. The molecule has 1 aliphatic heterocycles. The smallest absolute Gasteiger partial charge is 0.368 e. The van der Waals surface area contributed by atoms with Gasteiger partial charge in [0.15, 0.2) is 5.82 Å². The number of hydrogen-bond acceptors (Lipinski definition) is 6. The van der Waals surface area contributed by atoms with Crippen LogP contribution in [-0.2, 0) is 11.0 Å². The molecule has 0 aliphatic carbocycles. The van der Waals surface area contributed by atoms with Gasteiger partial charge in [-0.15, -0.1) is 10.2 Å². The summed E-state index contributed by atoms with van der Waals surface area (Å²) in [6.07, 6.45) is -4.38. The zero-order valence-electron chi connectivity index (χ0n) is 17.9. The molecule has 0 saturated carbocycles. The van der Waals surface area contributed by atoms with Crippen molar-refractivity contribution in [3.63, 3.8) is 0 Å². The molecule has 33 heavy (non-hydrogen) atoms. The van der Waals surface area contributed by atoms with Gasteiger partial charge in [0.1, 0.15) is 0 Å². The Morgan fingerprint density at radius 1 is 1.06 bits per heavy atom. The van der Waals surface area contributed by atoms with Crippen molar-refractivity contribution in [1.29, 1.82) is 0 Å². The third kappa shape index (κ3) is 5.24. The average molecular weight is 477 g/mol. The van der Waals surface area contributed by atoms with Gasteiger partial charge in [-0.1, -0.05) is 47.7 Å². The summed E-state index contributed by atoms with van der Waals surface area (Å²) in [6, 6.07) is 13.0. The lowest BCUT2D eigenvalue weighted by Crippen LogP contribution is -2.49. The van der Waals surface area contributed by atoms with E-state index in [-0.39, 0.29) is 11.7 Å². The van der Waals surface area contributed by atoms with Crippen LogP contribution in [0.1, 0.15) is 11.1 Å². The van der Waals surface area contributed by atoms with Crippen molar-refractivity contribution in [3.05, 3.63) is 59.7 Å². The monoisotopic (exact) mass is 476 g/mol. The number of benzene rings is 2. The maximum absolute atomic E-state index is 13.0. The number of thioether (sulfide) groups is 1. The predicted molar refractivity (Wildman–Crippen MR) is 121 cm³/mol. The normalized spacial score (nSPS) is 14.5. The molecule has 2 N–H and O–H groups in total. The van der Waals surface area contributed by atoms with E-state index in [4.69, 9.17) is 5.84 Å². The summed E-state index contributed by atoms with van der Waals surface area (Å²) in [7, 11) is 0. The van der Waals surface area contributed by atoms with Crippen molar-refractivity contribution in [2.24, 2.45) is 0 Å². The molecular weight excluding hydrogens is 453 g/mol. The molecule has 1 saturated heterocycles. The van der Waals surface area contributed by atoms with Crippen LogP contribution in [0.2, 0.25) is 0 Å². The van der Waals surface area contributed by atoms with E-state index in [0.717, 1.165) is 23.3 Å². The zero-order chi connectivity index (χ0) is 23.6. The zero-order valence-corrected chi connectivity index (χ0v) is 18.7. The molecule has 1 fully saturated rings. The number of nitrogens with zero attached hydrogens (tertiary/aromatic N) is 5. The van der Waals surface area contributed by atoms with E-state index < -0.39 is 11.7 Å². The van der Waals surface area contributed by atoms with Crippen LogP contribution >= 0.6 is 11.8 Å². The average Bonchev–Trinajstić information content (AvgIpc) is 3.18. The highest BCUT2D eigenvalue weighted by molar-refractivity contribution is 7.99. The van der Waals surface area contributed by atoms with Gasteiger partial charge in [-0.05, 0) is 25.1 Å². The third-order valence-corrected chi connectivity index (χ3v) is 6.40. The largest absolute Gasteiger partial charge is 0.416 e. The number of piperazine rings is 1. The lowest BCUT2D eigenvalue weighted by Gasteiger charge is -2.36. The molecular formula is C22H23F3N6OS. The van der Waals surface area contributed by atoms with Gasteiger partial charge in [-0.3, -0.25) is 4.79 Å². The molecule has 0 unspecified atom stereocenters. The van der Waals surface area contributed by atoms with E-state index in [1.54, 1.807) is 11.0 Å². The molecule has 174 valence electrons. The number of carbonyl (C=O) groups excluding carboxylic acids is 1. The molecule has 0 spiro atoms. The molecule has 1 aromatic heterocycles. The van der Waals surface area contributed by atoms with Crippen molar-refractivity contribution in [1.82, 2.24) is 19.8 Å². The number of aromatic nitrogens is 3. The fourth-order valence-electron chi connectivity index (χ4n) is 3.59. The first kappa shape index (κ1) is 23.0. The standard InChI is InChI=1S/C22H23F3N6OS/c1-15-5-7-16(8-6-15)20-27-28-21(31(20)26)33-14-19(32)30-11-9-29(10-12-30)18-4-2-3-17(13-18)22(23,24)25/h2-8,13H,9-12,14,26H2,1H3. The maximum atomic E-state index is 13.0. The molecule has 4 rings (SSSR count). The number of carbonyl (C=O) groups is 1. The van der Waals surface area contributed by atoms with Gasteiger partial charge in [-0.25, -0.2) is 4.68 Å². The van der Waals surface area contributed by atoms with Crippen LogP contribution in [0.15, 0.2) is 53.7 Å². The summed E-state index contributed by atoms with van der Waals surface area (Å²) in [5, 5.41) is 8.65. The Kier molecular flexibility index (Phi) is 6.50. The number of nitrogens with two attached hydrogens (primary N) is 1. The quantitative estimate of drug-likeness (QED) is 0.449. The topological polar surface area (TPSA) is 80.3 Å². The van der Waals surface area contributed by atoms with E-state index in [1.165, 1.54) is 22.5 Å². The predicted octanol–water partition coefficient (Wildman–Crippen LogP) is 3.43. The summed E-state index contributed by atoms with van der Waals surface area (Å²) in [4.78, 5) is 16.2. The van der Waals surface area contributed by atoms with E-state index >= 15 is 0 Å². The highest BCUT2D eigenvalue weighted by Gasteiger charge is 2.31. The van der Waals surface area contributed by atoms with Gasteiger partial charge in [0.05, 0.1) is 11.3 Å². The molecule has 3 aromatic rings. The van der Waals surface area contributed by atoms with Gasteiger partial charge in [-0.2, -0.15) is 13.2 Å². The SMILES string of the molecule is Cc1ccc(-c2nnc(SCC(=O)N3CCN(c4cccc(C(F)(F)F)c4)CC3)n2N)cc1. The number of alkyl halides is 3. The summed E-state index contributed by atoms with van der Waals surface area (Å²) >= 11 is 1.20. The molecule has 7 nitrogen and oxygen atoms in total. The van der Waals surface area contributed by atoms with Gasteiger partial charge >= 0.3 is 6.18 Å². The summed E-state index contributed by atoms with van der Waals surface area (Å²) in [6.45, 7) is 3.77. The highest BCUT2D eigenvalue weighted by atomic mass is 32.2. The first-order valence-corrected chi connectivity index (χ1v) is 11.3. The summed E-state index contributed by atoms with van der Waals surface area (Å²) in [5.74, 6) is 6.70. The Morgan fingerprint density at radius 2 is 1.76 bits per heavy atom. The van der Waals surface area contributed by atoms with Crippen LogP contribution in [0.5, 0.6) is 0 Å². The number of halogens is 3. The fourth-order valence-corrected chi connectivity index (χ4v) is 4.34. The van der Waals surface area contributed by atoms with Crippen molar-refractivity contribution < 1.29 is 18.0 Å². The Hall–Kier alpha value is -3.21. The number of aryl methyl sites for hydroxylation is 1. The highest BCUT2D eigenvalue weighted by Crippen LogP contribution is 2.32. The Morgan fingerprint density at radius 3 is 2.42 bits per heavy atom. The molecule has 1 amide bonds. The lowest BCUT2D eigenvalue weighted by molar-refractivity contribution is -0.137. The van der Waals surface area contributed by atoms with Gasteiger partial charge in [0.2, 0.25) is 11.1 Å². The van der Waals surface area contributed by atoms with Gasteiger partial charge in [0, 0.05) is 37.4 Å². The number of rotatable bonds is 5. The molecule has 0 bridgehead atoms. The van der Waals surface area contributed by atoms with Crippen LogP contribution in [0.25, 0.3) is 11.4 Å². The number of anilines is 1. The van der Waals surface area contributed by atoms with Crippen molar-refractivity contribution in [2.75, 3.05) is 42.7 Å². The van der Waals surface area contributed by atoms with Crippen LogP contribution in [0.3, 0.4) is 0 Å². The summed E-state index contributed by atoms with van der Waals surface area (Å²) in [5.41, 5.74) is 1.78. The summed E-state index contributed by atoms with van der Waals surface area (Å²) < 4.78 is 40.3. The minimum absolute atomic E-state index is 0.0800. The van der Waals surface area contributed by atoms with Crippen molar-refractivity contribution >= 4 is 23.4 Å². The second-order valence-electron chi connectivity index (χ2n) is 7.75.